The number of likely N-dealkylation sites (tertiary alicyclic amines) is 1. The van der Waals surface area contributed by atoms with Gasteiger partial charge in [0.15, 0.2) is 11.6 Å². The summed E-state index contributed by atoms with van der Waals surface area (Å²) in [5, 5.41) is 0. The number of likely N-dealkylation sites (N-methyl/N-ethyl adjacent to an activating group) is 1. The van der Waals surface area contributed by atoms with Crippen LogP contribution in [0.15, 0.2) is 53.4 Å². The number of benzene rings is 2. The molecule has 1 aliphatic heterocycles. The summed E-state index contributed by atoms with van der Waals surface area (Å²) in [6.45, 7) is 0.465. The van der Waals surface area contributed by atoms with E-state index in [-0.39, 0.29) is 29.2 Å². The van der Waals surface area contributed by atoms with Crippen molar-refractivity contribution in [1.82, 2.24) is 9.21 Å². The number of nitrogens with zero attached hydrogens (tertiary/aromatic N) is 2. The van der Waals surface area contributed by atoms with E-state index < -0.39 is 21.7 Å². The van der Waals surface area contributed by atoms with E-state index in [1.165, 1.54) is 25.2 Å². The van der Waals surface area contributed by atoms with Gasteiger partial charge in [0, 0.05) is 39.0 Å². The van der Waals surface area contributed by atoms with Crippen LogP contribution in [0.5, 0.6) is 5.75 Å². The summed E-state index contributed by atoms with van der Waals surface area (Å²) in [6.07, 6.45) is 0.639. The molecule has 156 valence electrons. The second kappa shape index (κ2) is 8.87. The molecule has 29 heavy (non-hydrogen) atoms. The third kappa shape index (κ3) is 5.10. The summed E-state index contributed by atoms with van der Waals surface area (Å²) in [4.78, 5) is 14.2. The molecule has 0 saturated carbocycles. The summed E-state index contributed by atoms with van der Waals surface area (Å²) in [5.41, 5.74) is 0. The zero-order valence-electron chi connectivity index (χ0n) is 15.9. The van der Waals surface area contributed by atoms with Crippen molar-refractivity contribution >= 4 is 15.9 Å². The molecule has 0 radical (unpaired) electrons. The highest BCUT2D eigenvalue weighted by atomic mass is 32.2. The van der Waals surface area contributed by atoms with Crippen LogP contribution >= 0.6 is 0 Å². The van der Waals surface area contributed by atoms with Crippen molar-refractivity contribution in [1.29, 1.82) is 0 Å². The molecule has 0 bridgehead atoms. The van der Waals surface area contributed by atoms with Gasteiger partial charge in [0.25, 0.3) is 0 Å². The molecule has 2 aromatic rings. The van der Waals surface area contributed by atoms with Crippen molar-refractivity contribution in [2.24, 2.45) is 0 Å². The zero-order chi connectivity index (χ0) is 21.0. The fourth-order valence-corrected chi connectivity index (χ4v) is 4.26. The first-order chi connectivity index (χ1) is 13.8. The van der Waals surface area contributed by atoms with Crippen LogP contribution in [-0.4, -0.2) is 56.3 Å². The zero-order valence-corrected chi connectivity index (χ0v) is 16.7. The molecule has 0 aromatic heterocycles. The monoisotopic (exact) mass is 424 g/mol. The van der Waals surface area contributed by atoms with Gasteiger partial charge >= 0.3 is 0 Å². The van der Waals surface area contributed by atoms with Crippen molar-refractivity contribution in [3.63, 3.8) is 0 Å². The van der Waals surface area contributed by atoms with Gasteiger partial charge in [-0.3, -0.25) is 4.79 Å². The van der Waals surface area contributed by atoms with Crippen LogP contribution in [0.2, 0.25) is 0 Å². The average molecular weight is 424 g/mol. The SMILES string of the molecule is CN(CC(=O)N1CCC(Oc2ccc(F)cc2F)CC1)S(=O)(=O)c1ccccc1. The lowest BCUT2D eigenvalue weighted by atomic mass is 10.1. The fourth-order valence-electron chi connectivity index (χ4n) is 3.12. The van der Waals surface area contributed by atoms with Crippen LogP contribution in [0, 0.1) is 11.6 Å². The third-order valence-corrected chi connectivity index (χ3v) is 6.61. The van der Waals surface area contributed by atoms with Gasteiger partial charge in [-0.05, 0) is 24.3 Å². The quantitative estimate of drug-likeness (QED) is 0.715. The molecule has 2 aromatic carbocycles. The van der Waals surface area contributed by atoms with Crippen molar-refractivity contribution in [3.8, 4) is 5.75 Å². The Hall–Kier alpha value is -2.52. The molecule has 0 aliphatic carbocycles. The number of halogens is 2. The Morgan fingerprint density at radius 3 is 2.41 bits per heavy atom. The summed E-state index contributed by atoms with van der Waals surface area (Å²) in [5.74, 6) is -1.77. The molecular weight excluding hydrogens is 402 g/mol. The molecule has 0 N–H and O–H groups in total. The summed E-state index contributed by atoms with van der Waals surface area (Å²) < 4.78 is 58.4. The van der Waals surface area contributed by atoms with E-state index in [1.807, 2.05) is 0 Å². The molecule has 1 saturated heterocycles. The molecular formula is C20H22F2N2O4S. The Kier molecular flexibility index (Phi) is 6.49. The van der Waals surface area contributed by atoms with E-state index in [0.29, 0.717) is 25.9 Å². The maximum absolute atomic E-state index is 13.7. The Morgan fingerprint density at radius 2 is 1.79 bits per heavy atom. The van der Waals surface area contributed by atoms with Crippen molar-refractivity contribution in [2.75, 3.05) is 26.7 Å². The predicted octanol–water partition coefficient (Wildman–Crippen LogP) is 2.66. The second-order valence-corrected chi connectivity index (χ2v) is 8.89. The van der Waals surface area contributed by atoms with Crippen LogP contribution in [0.4, 0.5) is 8.78 Å². The van der Waals surface area contributed by atoms with Gasteiger partial charge in [-0.1, -0.05) is 18.2 Å². The average Bonchev–Trinajstić information content (AvgIpc) is 2.71. The lowest BCUT2D eigenvalue weighted by Crippen LogP contribution is -2.46. The number of carbonyl (C=O) groups is 1. The number of amides is 1. The van der Waals surface area contributed by atoms with Crippen molar-refractivity contribution in [3.05, 3.63) is 60.2 Å². The molecule has 1 aliphatic rings. The molecule has 0 unspecified atom stereocenters. The summed E-state index contributed by atoms with van der Waals surface area (Å²) in [6, 6.07) is 11.0. The second-order valence-electron chi connectivity index (χ2n) is 6.85. The third-order valence-electron chi connectivity index (χ3n) is 4.79. The highest BCUT2D eigenvalue weighted by molar-refractivity contribution is 7.89. The number of rotatable bonds is 6. The molecule has 6 nitrogen and oxygen atoms in total. The molecule has 0 atom stereocenters. The highest BCUT2D eigenvalue weighted by Crippen LogP contribution is 2.23. The number of hydrogen-bond acceptors (Lipinski definition) is 4. The van der Waals surface area contributed by atoms with Crippen LogP contribution in [0.25, 0.3) is 0 Å². The number of hydrogen-bond donors (Lipinski definition) is 0. The van der Waals surface area contributed by atoms with Gasteiger partial charge in [0.2, 0.25) is 15.9 Å². The topological polar surface area (TPSA) is 66.9 Å². The lowest BCUT2D eigenvalue weighted by molar-refractivity contribution is -0.133. The van der Waals surface area contributed by atoms with Crippen molar-refractivity contribution in [2.45, 2.75) is 23.8 Å². The van der Waals surface area contributed by atoms with Gasteiger partial charge in [-0.2, -0.15) is 4.31 Å². The minimum Gasteiger partial charge on any atom is -0.487 e. The normalized spacial score (nSPS) is 15.5. The van der Waals surface area contributed by atoms with Gasteiger partial charge in [-0.15, -0.1) is 0 Å². The van der Waals surface area contributed by atoms with Crippen molar-refractivity contribution < 1.29 is 26.7 Å². The first-order valence-electron chi connectivity index (χ1n) is 9.18. The van der Waals surface area contributed by atoms with E-state index >= 15 is 0 Å². The minimum absolute atomic E-state index is 0.0233. The van der Waals surface area contributed by atoms with E-state index in [1.54, 1.807) is 23.1 Å². The Labute approximate surface area is 168 Å². The molecule has 9 heteroatoms. The smallest absolute Gasteiger partial charge is 0.243 e. The Bertz CT molecular complexity index is 962. The first kappa shape index (κ1) is 21.2. The van der Waals surface area contributed by atoms with E-state index in [0.717, 1.165) is 16.4 Å². The number of piperidine rings is 1. The highest BCUT2D eigenvalue weighted by Gasteiger charge is 2.28. The maximum Gasteiger partial charge on any atom is 0.243 e. The van der Waals surface area contributed by atoms with Crippen LogP contribution in [-0.2, 0) is 14.8 Å². The number of ether oxygens (including phenoxy) is 1. The van der Waals surface area contributed by atoms with Gasteiger partial charge in [-0.25, -0.2) is 17.2 Å². The number of carbonyl (C=O) groups excluding carboxylic acids is 1. The Balaban J connectivity index is 1.53. The summed E-state index contributed by atoms with van der Waals surface area (Å²) >= 11 is 0. The predicted molar refractivity (Wildman–Crippen MR) is 103 cm³/mol. The largest absolute Gasteiger partial charge is 0.487 e. The minimum atomic E-state index is -3.74. The molecule has 1 heterocycles. The lowest BCUT2D eigenvalue weighted by Gasteiger charge is -2.33. The van der Waals surface area contributed by atoms with Gasteiger partial charge < -0.3 is 9.64 Å². The molecule has 3 rings (SSSR count). The van der Waals surface area contributed by atoms with Crippen LogP contribution < -0.4 is 4.74 Å². The van der Waals surface area contributed by atoms with E-state index in [2.05, 4.69) is 0 Å². The van der Waals surface area contributed by atoms with Crippen LogP contribution in [0.3, 0.4) is 0 Å². The van der Waals surface area contributed by atoms with E-state index in [4.69, 9.17) is 4.74 Å². The first-order valence-corrected chi connectivity index (χ1v) is 10.6. The Morgan fingerprint density at radius 1 is 1.14 bits per heavy atom. The molecule has 1 fully saturated rings. The van der Waals surface area contributed by atoms with Gasteiger partial charge in [0.1, 0.15) is 11.9 Å². The number of sulfonamides is 1. The van der Waals surface area contributed by atoms with E-state index in [9.17, 15) is 22.0 Å². The standard InChI is InChI=1S/C20H22F2N2O4S/c1-23(29(26,27)17-5-3-2-4-6-17)14-20(25)24-11-9-16(10-12-24)28-19-8-7-15(21)13-18(19)22/h2-8,13,16H,9-12,14H2,1H3. The molecule has 0 spiro atoms. The molecule has 1 amide bonds. The van der Waals surface area contributed by atoms with Crippen LogP contribution in [0.1, 0.15) is 12.8 Å². The fraction of sp³-hybridized carbons (Fsp3) is 0.350. The maximum atomic E-state index is 13.7. The summed E-state index contributed by atoms with van der Waals surface area (Å²) in [7, 11) is -2.38. The van der Waals surface area contributed by atoms with Gasteiger partial charge in [0.05, 0.1) is 11.4 Å².